The molecule has 2 heterocycles. The molecule has 0 amide bonds. The molecule has 0 N–H and O–H groups in total. The van der Waals surface area contributed by atoms with Crippen LogP contribution in [0.1, 0.15) is 36.8 Å². The van der Waals surface area contributed by atoms with E-state index in [1.54, 1.807) is 22.9 Å². The van der Waals surface area contributed by atoms with Crippen LogP contribution in [0.5, 0.6) is 5.88 Å². The molecule has 2 atom stereocenters. The SMILES string of the molecule is COC(=S)Oc1c(C2=C(Cl)C=CC(c3ccc(F)cc3)C2C)c(=O)n2n1CCCC2. The van der Waals surface area contributed by atoms with Crippen LogP contribution in [0.15, 0.2) is 46.2 Å². The minimum atomic E-state index is -0.290. The Bertz CT molecular complexity index is 1100. The van der Waals surface area contributed by atoms with E-state index in [0.29, 0.717) is 35.1 Å². The molecule has 0 spiro atoms. The second-order valence-electron chi connectivity index (χ2n) is 7.48. The first-order valence-corrected chi connectivity index (χ1v) is 10.6. The summed E-state index contributed by atoms with van der Waals surface area (Å²) in [6.07, 6.45) is 5.63. The van der Waals surface area contributed by atoms with Gasteiger partial charge in [-0.25, -0.2) is 9.07 Å². The second kappa shape index (κ2) is 8.40. The third-order valence-electron chi connectivity index (χ3n) is 5.75. The summed E-state index contributed by atoms with van der Waals surface area (Å²) in [6.45, 7) is 3.26. The Morgan fingerprint density at radius 2 is 1.87 bits per heavy atom. The fourth-order valence-corrected chi connectivity index (χ4v) is 4.68. The van der Waals surface area contributed by atoms with Crippen molar-refractivity contribution < 1.29 is 13.9 Å². The maximum Gasteiger partial charge on any atom is 0.358 e. The largest absolute Gasteiger partial charge is 0.460 e. The predicted molar refractivity (Wildman–Crippen MR) is 118 cm³/mol. The van der Waals surface area contributed by atoms with Crippen molar-refractivity contribution in [3.8, 4) is 5.88 Å². The Morgan fingerprint density at radius 3 is 2.53 bits per heavy atom. The molecule has 2 unspecified atom stereocenters. The van der Waals surface area contributed by atoms with Gasteiger partial charge in [-0.1, -0.05) is 36.7 Å². The van der Waals surface area contributed by atoms with E-state index in [2.05, 4.69) is 0 Å². The third kappa shape index (κ3) is 3.61. The number of allylic oxidation sites excluding steroid dienone is 4. The number of halogens is 2. The zero-order valence-electron chi connectivity index (χ0n) is 16.7. The van der Waals surface area contributed by atoms with Gasteiger partial charge >= 0.3 is 5.24 Å². The van der Waals surface area contributed by atoms with E-state index < -0.39 is 0 Å². The number of nitrogens with zero attached hydrogens (tertiary/aromatic N) is 2. The predicted octanol–water partition coefficient (Wildman–Crippen LogP) is 4.83. The molecule has 1 aliphatic carbocycles. The molecule has 0 saturated heterocycles. The van der Waals surface area contributed by atoms with E-state index in [0.717, 1.165) is 18.4 Å². The van der Waals surface area contributed by atoms with Crippen LogP contribution in [0.3, 0.4) is 0 Å². The van der Waals surface area contributed by atoms with E-state index >= 15 is 0 Å². The Hall–Kier alpha value is -2.38. The molecule has 2 aliphatic rings. The number of rotatable bonds is 3. The van der Waals surface area contributed by atoms with Gasteiger partial charge in [-0.05, 0) is 48.1 Å². The summed E-state index contributed by atoms with van der Waals surface area (Å²) in [7, 11) is 1.43. The molecule has 1 aromatic carbocycles. The van der Waals surface area contributed by atoms with Crippen LogP contribution in [-0.2, 0) is 17.8 Å². The van der Waals surface area contributed by atoms with Gasteiger partial charge in [0, 0.05) is 36.3 Å². The highest BCUT2D eigenvalue weighted by molar-refractivity contribution is 7.79. The standard InChI is InChI=1S/C22H22ClFN2O3S/c1-13-16(14-5-7-15(24)8-6-14)9-10-17(23)18(13)19-20(27)25-11-3-4-12-26(25)21(19)29-22(30)28-2/h5-10,13,16H,3-4,11-12H2,1-2H3. The van der Waals surface area contributed by atoms with Gasteiger partial charge in [0.15, 0.2) is 0 Å². The quantitative estimate of drug-likeness (QED) is 0.631. The van der Waals surface area contributed by atoms with Crippen molar-refractivity contribution in [3.63, 3.8) is 0 Å². The summed E-state index contributed by atoms with van der Waals surface area (Å²) in [5.74, 6) is -0.127. The molecule has 1 aromatic heterocycles. The Balaban J connectivity index is 1.85. The lowest BCUT2D eigenvalue weighted by Crippen LogP contribution is -2.28. The van der Waals surface area contributed by atoms with Crippen LogP contribution < -0.4 is 10.3 Å². The molecule has 158 valence electrons. The highest BCUT2D eigenvalue weighted by Gasteiger charge is 2.34. The van der Waals surface area contributed by atoms with E-state index in [9.17, 15) is 9.18 Å². The number of thiocarbonyl (C=S) groups is 1. The topological polar surface area (TPSA) is 45.4 Å². The Morgan fingerprint density at radius 1 is 1.20 bits per heavy atom. The number of methoxy groups -OCH3 is 1. The van der Waals surface area contributed by atoms with Crippen molar-refractivity contribution in [2.24, 2.45) is 5.92 Å². The summed E-state index contributed by atoms with van der Waals surface area (Å²) in [6, 6.07) is 6.39. The molecule has 0 bridgehead atoms. The highest BCUT2D eigenvalue weighted by Crippen LogP contribution is 2.44. The first kappa shape index (κ1) is 20.9. The Kier molecular flexibility index (Phi) is 5.84. The molecular formula is C22H22ClFN2O3S. The summed E-state index contributed by atoms with van der Waals surface area (Å²) in [4.78, 5) is 13.4. The number of hydrogen-bond donors (Lipinski definition) is 0. The highest BCUT2D eigenvalue weighted by atomic mass is 35.5. The van der Waals surface area contributed by atoms with E-state index in [4.69, 9.17) is 33.3 Å². The minimum absolute atomic E-state index is 0.0615. The summed E-state index contributed by atoms with van der Waals surface area (Å²) in [5.41, 5.74) is 1.89. The van der Waals surface area contributed by atoms with Gasteiger partial charge < -0.3 is 9.47 Å². The fraction of sp³-hybridized carbons (Fsp3) is 0.364. The van der Waals surface area contributed by atoms with Crippen molar-refractivity contribution in [1.82, 2.24) is 9.36 Å². The van der Waals surface area contributed by atoms with E-state index in [1.165, 1.54) is 19.2 Å². The normalized spacial score (nSPS) is 20.8. The average molecular weight is 449 g/mol. The first-order valence-electron chi connectivity index (χ1n) is 9.85. The van der Waals surface area contributed by atoms with Crippen molar-refractivity contribution >= 4 is 34.6 Å². The number of aromatic nitrogens is 2. The molecule has 2 aromatic rings. The lowest BCUT2D eigenvalue weighted by atomic mass is 9.77. The van der Waals surface area contributed by atoms with Gasteiger partial charge in [-0.3, -0.25) is 9.48 Å². The van der Waals surface area contributed by atoms with Crippen molar-refractivity contribution in [2.75, 3.05) is 7.11 Å². The molecule has 0 saturated carbocycles. The number of hydrogen-bond acceptors (Lipinski definition) is 4. The van der Waals surface area contributed by atoms with Crippen molar-refractivity contribution in [1.29, 1.82) is 0 Å². The average Bonchev–Trinajstić information content (AvgIpc) is 3.01. The maximum absolute atomic E-state index is 13.4. The van der Waals surface area contributed by atoms with Gasteiger partial charge in [0.1, 0.15) is 11.4 Å². The molecule has 8 heteroatoms. The van der Waals surface area contributed by atoms with Gasteiger partial charge in [0.2, 0.25) is 5.88 Å². The molecular weight excluding hydrogens is 427 g/mol. The second-order valence-corrected chi connectivity index (χ2v) is 8.22. The van der Waals surface area contributed by atoms with Crippen molar-refractivity contribution in [2.45, 2.75) is 38.8 Å². The van der Waals surface area contributed by atoms with Crippen LogP contribution in [0.25, 0.3) is 5.57 Å². The molecule has 5 nitrogen and oxygen atoms in total. The summed E-state index contributed by atoms with van der Waals surface area (Å²) < 4.78 is 27.8. The molecule has 0 radical (unpaired) electrons. The maximum atomic E-state index is 13.4. The number of fused-ring (bicyclic) bond motifs is 1. The summed E-state index contributed by atoms with van der Waals surface area (Å²) in [5, 5.41) is 0.420. The van der Waals surface area contributed by atoms with Crippen LogP contribution in [0.2, 0.25) is 0 Å². The number of benzene rings is 1. The van der Waals surface area contributed by atoms with Gasteiger partial charge in [0.05, 0.1) is 7.11 Å². The zero-order chi connectivity index (χ0) is 21.4. The lowest BCUT2D eigenvalue weighted by Gasteiger charge is -2.28. The van der Waals surface area contributed by atoms with Gasteiger partial charge in [-0.2, -0.15) is 0 Å². The van der Waals surface area contributed by atoms with Crippen LogP contribution in [-0.4, -0.2) is 21.7 Å². The molecule has 1 aliphatic heterocycles. The smallest absolute Gasteiger partial charge is 0.358 e. The van der Waals surface area contributed by atoms with Gasteiger partial charge in [-0.15, -0.1) is 0 Å². The van der Waals surface area contributed by atoms with Crippen LogP contribution >= 0.6 is 23.8 Å². The lowest BCUT2D eigenvalue weighted by molar-refractivity contribution is 0.276. The Labute approximate surface area is 184 Å². The number of ether oxygens (including phenoxy) is 2. The molecule has 0 fully saturated rings. The molecule has 4 rings (SSSR count). The monoisotopic (exact) mass is 448 g/mol. The zero-order valence-corrected chi connectivity index (χ0v) is 18.3. The van der Waals surface area contributed by atoms with Crippen LogP contribution in [0, 0.1) is 11.7 Å². The third-order valence-corrected chi connectivity index (χ3v) is 6.33. The first-order chi connectivity index (χ1) is 14.4. The minimum Gasteiger partial charge on any atom is -0.460 e. The van der Waals surface area contributed by atoms with Gasteiger partial charge in [0.25, 0.3) is 5.56 Å². The van der Waals surface area contributed by atoms with Crippen LogP contribution in [0.4, 0.5) is 4.39 Å². The van der Waals surface area contributed by atoms with Crippen molar-refractivity contribution in [3.05, 3.63) is 68.7 Å². The van der Waals surface area contributed by atoms with E-state index in [1.807, 2.05) is 17.7 Å². The van der Waals surface area contributed by atoms with E-state index in [-0.39, 0.29) is 28.4 Å². The fourth-order valence-electron chi connectivity index (χ4n) is 4.26. The summed E-state index contributed by atoms with van der Waals surface area (Å²) >= 11 is 11.7. The molecule has 30 heavy (non-hydrogen) atoms.